The van der Waals surface area contributed by atoms with Gasteiger partial charge in [-0.2, -0.15) is 13.2 Å². The number of halogens is 3. The quantitative estimate of drug-likeness (QED) is 0.718. The van der Waals surface area contributed by atoms with Crippen molar-refractivity contribution in [2.45, 2.75) is 25.4 Å². The van der Waals surface area contributed by atoms with Crippen LogP contribution in [0.1, 0.15) is 19.3 Å². The average molecular weight is 224 g/mol. The van der Waals surface area contributed by atoms with Crippen molar-refractivity contribution >= 4 is 0 Å². The molecule has 5 heteroatoms. The van der Waals surface area contributed by atoms with Gasteiger partial charge in [-0.3, -0.25) is 0 Å². The molecule has 1 rings (SSSR count). The Morgan fingerprint density at radius 3 is 2.47 bits per heavy atom. The van der Waals surface area contributed by atoms with Crippen LogP contribution < -0.4 is 0 Å². The maximum Gasteiger partial charge on any atom is 0.398 e. The lowest BCUT2D eigenvalue weighted by Crippen LogP contribution is -2.46. The Kier molecular flexibility index (Phi) is 3.78. The molecule has 2 atom stereocenters. The minimum Gasteiger partial charge on any atom is -0.396 e. The second-order valence-electron chi connectivity index (χ2n) is 3.87. The van der Waals surface area contributed by atoms with Gasteiger partial charge in [0.15, 0.2) is 0 Å². The van der Waals surface area contributed by atoms with Crippen LogP contribution in [0.3, 0.4) is 0 Å². The Morgan fingerprint density at radius 2 is 2.00 bits per heavy atom. The van der Waals surface area contributed by atoms with Gasteiger partial charge < -0.3 is 10.2 Å². The van der Waals surface area contributed by atoms with E-state index in [-0.39, 0.29) is 6.42 Å². The van der Waals surface area contributed by atoms with Gasteiger partial charge in [-0.1, -0.05) is 12.2 Å². The van der Waals surface area contributed by atoms with Crippen LogP contribution in [-0.2, 0) is 0 Å². The summed E-state index contributed by atoms with van der Waals surface area (Å²) in [7, 11) is 0. The predicted octanol–water partition coefficient (Wildman–Crippen LogP) is 1.88. The second-order valence-corrected chi connectivity index (χ2v) is 3.87. The normalized spacial score (nSPS) is 31.9. The topological polar surface area (TPSA) is 40.5 Å². The maximum absolute atomic E-state index is 12.9. The number of allylic oxidation sites excluding steroid dienone is 2. The Hall–Kier alpha value is -0.550. The average Bonchev–Trinajstić information content (AvgIpc) is 2.17. The van der Waals surface area contributed by atoms with Crippen LogP contribution in [-0.4, -0.2) is 29.6 Å². The second kappa shape index (κ2) is 4.53. The summed E-state index contributed by atoms with van der Waals surface area (Å²) >= 11 is 0. The van der Waals surface area contributed by atoms with E-state index in [4.69, 9.17) is 10.2 Å². The van der Waals surface area contributed by atoms with Crippen LogP contribution in [0.5, 0.6) is 0 Å². The molecule has 0 fully saturated rings. The lowest BCUT2D eigenvalue weighted by Gasteiger charge is -2.41. The van der Waals surface area contributed by atoms with Crippen LogP contribution >= 0.6 is 0 Å². The molecule has 2 nitrogen and oxygen atoms in total. The van der Waals surface area contributed by atoms with E-state index < -0.39 is 30.7 Å². The minimum absolute atomic E-state index is 0.312. The highest BCUT2D eigenvalue weighted by Gasteiger charge is 2.57. The standard InChI is InChI=1S/C10H15F3O2/c11-10(12,13)9(5-6-14)4-2-1-3-8(9)7-15/h2,4,8,14-15H,1,3,5-7H2/t8-,9-/m1/s1. The van der Waals surface area contributed by atoms with Crippen LogP contribution in [0, 0.1) is 11.3 Å². The Morgan fingerprint density at radius 1 is 1.33 bits per heavy atom. The van der Waals surface area contributed by atoms with Crippen LogP contribution in [0.25, 0.3) is 0 Å². The van der Waals surface area contributed by atoms with Gasteiger partial charge in [0.1, 0.15) is 0 Å². The van der Waals surface area contributed by atoms with Gasteiger partial charge in [0.25, 0.3) is 0 Å². The zero-order chi connectivity index (χ0) is 11.5. The number of alkyl halides is 3. The molecule has 0 unspecified atom stereocenters. The molecule has 15 heavy (non-hydrogen) atoms. The van der Waals surface area contributed by atoms with Crippen molar-refractivity contribution in [1.82, 2.24) is 0 Å². The smallest absolute Gasteiger partial charge is 0.396 e. The molecule has 2 N–H and O–H groups in total. The van der Waals surface area contributed by atoms with E-state index in [1.165, 1.54) is 6.08 Å². The largest absolute Gasteiger partial charge is 0.398 e. The summed E-state index contributed by atoms with van der Waals surface area (Å²) in [6.45, 7) is -1.02. The van der Waals surface area contributed by atoms with Crippen LogP contribution in [0.4, 0.5) is 13.2 Å². The zero-order valence-corrected chi connectivity index (χ0v) is 8.30. The number of rotatable bonds is 3. The number of aliphatic hydroxyl groups excluding tert-OH is 2. The molecule has 0 aromatic heterocycles. The first kappa shape index (κ1) is 12.5. The summed E-state index contributed by atoms with van der Waals surface area (Å²) in [4.78, 5) is 0. The SMILES string of the molecule is OCC[C@]1(C(F)(F)F)C=CCC[C@@H]1CO. The third kappa shape index (κ3) is 2.18. The molecule has 0 aromatic rings. The summed E-state index contributed by atoms with van der Waals surface area (Å²) in [5.74, 6) is -0.838. The summed E-state index contributed by atoms with van der Waals surface area (Å²) in [5.41, 5.74) is -2.05. The van der Waals surface area contributed by atoms with Crippen molar-refractivity contribution in [3.63, 3.8) is 0 Å². The molecule has 1 aliphatic carbocycles. The van der Waals surface area contributed by atoms with Gasteiger partial charge in [0, 0.05) is 19.1 Å². The predicted molar refractivity (Wildman–Crippen MR) is 49.1 cm³/mol. The number of aliphatic hydroxyl groups is 2. The van der Waals surface area contributed by atoms with Gasteiger partial charge in [0.2, 0.25) is 0 Å². The monoisotopic (exact) mass is 224 g/mol. The molecule has 1 aliphatic rings. The number of hydrogen-bond donors (Lipinski definition) is 2. The van der Waals surface area contributed by atoms with Gasteiger partial charge >= 0.3 is 6.18 Å². The van der Waals surface area contributed by atoms with E-state index in [1.54, 1.807) is 0 Å². The fraction of sp³-hybridized carbons (Fsp3) is 0.800. The van der Waals surface area contributed by atoms with Crippen molar-refractivity contribution in [2.24, 2.45) is 11.3 Å². The molecule has 0 bridgehead atoms. The van der Waals surface area contributed by atoms with Crippen molar-refractivity contribution in [3.8, 4) is 0 Å². The zero-order valence-electron chi connectivity index (χ0n) is 8.30. The Labute approximate surface area is 86.4 Å². The highest BCUT2D eigenvalue weighted by molar-refractivity contribution is 5.11. The van der Waals surface area contributed by atoms with E-state index in [0.717, 1.165) is 6.08 Å². The van der Waals surface area contributed by atoms with Crippen molar-refractivity contribution in [2.75, 3.05) is 13.2 Å². The van der Waals surface area contributed by atoms with Crippen molar-refractivity contribution < 1.29 is 23.4 Å². The first-order valence-corrected chi connectivity index (χ1v) is 4.94. The van der Waals surface area contributed by atoms with Gasteiger partial charge in [-0.05, 0) is 19.3 Å². The summed E-state index contributed by atoms with van der Waals surface area (Å²) in [6.07, 6.45) is -1.35. The van der Waals surface area contributed by atoms with E-state index in [2.05, 4.69) is 0 Å². The molecule has 0 spiro atoms. The minimum atomic E-state index is -4.42. The van der Waals surface area contributed by atoms with Crippen molar-refractivity contribution in [3.05, 3.63) is 12.2 Å². The molecular formula is C10H15F3O2. The molecule has 0 saturated heterocycles. The third-order valence-electron chi connectivity index (χ3n) is 3.10. The van der Waals surface area contributed by atoms with E-state index in [0.29, 0.717) is 12.8 Å². The fourth-order valence-electron chi connectivity index (χ4n) is 2.18. The molecule has 0 aliphatic heterocycles. The Bertz CT molecular complexity index is 237. The summed E-state index contributed by atoms with van der Waals surface area (Å²) in [6, 6.07) is 0. The van der Waals surface area contributed by atoms with E-state index >= 15 is 0 Å². The maximum atomic E-state index is 12.9. The lowest BCUT2D eigenvalue weighted by atomic mass is 9.68. The summed E-state index contributed by atoms with van der Waals surface area (Å²) in [5, 5.41) is 17.7. The highest BCUT2D eigenvalue weighted by Crippen LogP contribution is 2.51. The molecular weight excluding hydrogens is 209 g/mol. The molecule has 0 saturated carbocycles. The molecule has 0 aromatic carbocycles. The van der Waals surface area contributed by atoms with Gasteiger partial charge in [-0.25, -0.2) is 0 Å². The molecule has 0 radical (unpaired) electrons. The summed E-state index contributed by atoms with van der Waals surface area (Å²) < 4.78 is 38.8. The molecule has 0 heterocycles. The van der Waals surface area contributed by atoms with Crippen molar-refractivity contribution in [1.29, 1.82) is 0 Å². The third-order valence-corrected chi connectivity index (χ3v) is 3.10. The van der Waals surface area contributed by atoms with Gasteiger partial charge in [0.05, 0.1) is 5.41 Å². The van der Waals surface area contributed by atoms with E-state index in [9.17, 15) is 13.2 Å². The van der Waals surface area contributed by atoms with Crippen LogP contribution in [0.2, 0.25) is 0 Å². The lowest BCUT2D eigenvalue weighted by molar-refractivity contribution is -0.234. The Balaban J connectivity index is 3.05. The first-order chi connectivity index (χ1) is 6.98. The fourth-order valence-corrected chi connectivity index (χ4v) is 2.18. The molecule has 88 valence electrons. The van der Waals surface area contributed by atoms with Gasteiger partial charge in [-0.15, -0.1) is 0 Å². The highest BCUT2D eigenvalue weighted by atomic mass is 19.4. The van der Waals surface area contributed by atoms with E-state index in [1.807, 2.05) is 0 Å². The molecule has 0 amide bonds. The number of hydrogen-bond acceptors (Lipinski definition) is 2. The first-order valence-electron chi connectivity index (χ1n) is 4.94. The van der Waals surface area contributed by atoms with Crippen LogP contribution in [0.15, 0.2) is 12.2 Å².